The van der Waals surface area contributed by atoms with Crippen molar-refractivity contribution in [3.05, 3.63) is 0 Å². The molecule has 0 aliphatic heterocycles. The van der Waals surface area contributed by atoms with Crippen LogP contribution in [0, 0.1) is 5.92 Å². The molecule has 19 heavy (non-hydrogen) atoms. The smallest absolute Gasteiger partial charge is 0.214 e. The first-order valence-electron chi connectivity index (χ1n) is 7.27. The summed E-state index contributed by atoms with van der Waals surface area (Å²) < 4.78 is 26.7. The van der Waals surface area contributed by atoms with Gasteiger partial charge in [0.25, 0.3) is 0 Å². The largest absolute Gasteiger partial charge is 0.393 e. The molecule has 0 bridgehead atoms. The lowest BCUT2D eigenvalue weighted by molar-refractivity contribution is 0.365. The Balaban J connectivity index is 1.95. The molecule has 0 heterocycles. The minimum Gasteiger partial charge on any atom is -0.393 e. The van der Waals surface area contributed by atoms with E-state index in [1.165, 1.54) is 19.3 Å². The van der Waals surface area contributed by atoms with Crippen LogP contribution in [-0.2, 0) is 10.0 Å². The van der Waals surface area contributed by atoms with E-state index >= 15 is 0 Å². The van der Waals surface area contributed by atoms with Gasteiger partial charge in [0, 0.05) is 19.0 Å². The van der Waals surface area contributed by atoms with Crippen LogP contribution in [0.1, 0.15) is 51.4 Å². The molecule has 6 heteroatoms. The third-order valence-electron chi connectivity index (χ3n) is 4.06. The first-order chi connectivity index (χ1) is 8.99. The third-order valence-corrected chi connectivity index (χ3v) is 6.35. The molecule has 0 aromatic carbocycles. The van der Waals surface area contributed by atoms with Crippen molar-refractivity contribution < 1.29 is 8.42 Å². The fourth-order valence-corrected chi connectivity index (χ4v) is 5.13. The Morgan fingerprint density at radius 1 is 1.16 bits per heavy atom. The van der Waals surface area contributed by atoms with Crippen LogP contribution in [0.15, 0.2) is 0 Å². The highest BCUT2D eigenvalue weighted by molar-refractivity contribution is 7.89. The Bertz CT molecular complexity index is 412. The molecule has 0 unspecified atom stereocenters. The van der Waals surface area contributed by atoms with Crippen molar-refractivity contribution in [3.8, 4) is 0 Å². The van der Waals surface area contributed by atoms with Crippen LogP contribution in [0.25, 0.3) is 0 Å². The van der Waals surface area contributed by atoms with E-state index in [0.29, 0.717) is 29.6 Å². The van der Waals surface area contributed by atoms with E-state index in [1.807, 2.05) is 0 Å². The Kier molecular flexibility index (Phi) is 5.20. The fourth-order valence-electron chi connectivity index (χ4n) is 2.88. The molecule has 2 aliphatic carbocycles. The van der Waals surface area contributed by atoms with Crippen LogP contribution in [0.4, 0.5) is 0 Å². The normalized spacial score (nSPS) is 21.7. The summed E-state index contributed by atoms with van der Waals surface area (Å²) in [6, 6.07) is 0.211. The lowest BCUT2D eigenvalue weighted by Gasteiger charge is -2.26. The molecule has 2 aliphatic rings. The van der Waals surface area contributed by atoms with Crippen LogP contribution in [0.5, 0.6) is 0 Å². The van der Waals surface area contributed by atoms with Gasteiger partial charge in [0.15, 0.2) is 0 Å². The average Bonchev–Trinajstić information content (AvgIpc) is 3.13. The van der Waals surface area contributed by atoms with Crippen LogP contribution in [-0.4, -0.2) is 36.1 Å². The predicted molar refractivity (Wildman–Crippen MR) is 81.5 cm³/mol. The van der Waals surface area contributed by atoms with Crippen molar-refractivity contribution in [2.45, 2.75) is 57.4 Å². The summed E-state index contributed by atoms with van der Waals surface area (Å²) in [6.07, 6.45) is 8.20. The van der Waals surface area contributed by atoms with Crippen LogP contribution in [0.3, 0.4) is 0 Å². The van der Waals surface area contributed by atoms with Crippen molar-refractivity contribution in [1.29, 1.82) is 0 Å². The lowest BCUT2D eigenvalue weighted by Crippen LogP contribution is -2.39. The second kappa shape index (κ2) is 6.50. The maximum absolute atomic E-state index is 12.5. The first kappa shape index (κ1) is 15.2. The molecule has 0 spiro atoms. The van der Waals surface area contributed by atoms with Crippen LogP contribution in [0.2, 0.25) is 0 Å². The van der Waals surface area contributed by atoms with Gasteiger partial charge in [-0.3, -0.25) is 0 Å². The van der Waals surface area contributed by atoms with E-state index in [0.717, 1.165) is 25.7 Å². The zero-order chi connectivity index (χ0) is 13.9. The summed E-state index contributed by atoms with van der Waals surface area (Å²) in [7, 11) is -3.14. The van der Waals surface area contributed by atoms with E-state index in [2.05, 4.69) is 0 Å². The summed E-state index contributed by atoms with van der Waals surface area (Å²) in [6.45, 7) is 0.467. The number of sulfonamides is 1. The van der Waals surface area contributed by atoms with Gasteiger partial charge in [-0.2, -0.15) is 4.31 Å². The molecule has 0 saturated heterocycles. The van der Waals surface area contributed by atoms with Gasteiger partial charge in [-0.1, -0.05) is 31.5 Å². The molecule has 0 amide bonds. The number of nitrogens with zero attached hydrogens (tertiary/aromatic N) is 1. The minimum absolute atomic E-state index is 0.211. The standard InChI is InChI=1S/C13H24N2O2S2/c14-13(18)8-9-15(12-6-7-12)19(16,17)10-11-4-2-1-3-5-11/h11-12H,1-10H2,(H2,14,18). The van der Waals surface area contributed by atoms with Crippen molar-refractivity contribution >= 4 is 27.2 Å². The monoisotopic (exact) mass is 304 g/mol. The van der Waals surface area contributed by atoms with Gasteiger partial charge in [0.1, 0.15) is 0 Å². The zero-order valence-electron chi connectivity index (χ0n) is 11.4. The third kappa shape index (κ3) is 4.68. The minimum atomic E-state index is -3.14. The zero-order valence-corrected chi connectivity index (χ0v) is 13.0. The molecule has 2 fully saturated rings. The van der Waals surface area contributed by atoms with Crippen LogP contribution >= 0.6 is 12.2 Å². The average molecular weight is 304 g/mol. The van der Waals surface area contributed by atoms with E-state index in [4.69, 9.17) is 18.0 Å². The molecule has 0 aromatic rings. The molecule has 110 valence electrons. The second-order valence-electron chi connectivity index (χ2n) is 5.84. The molecule has 2 saturated carbocycles. The Hall–Kier alpha value is -0.200. The maximum atomic E-state index is 12.5. The molecule has 0 atom stereocenters. The van der Waals surface area contributed by atoms with Gasteiger partial charge < -0.3 is 5.73 Å². The maximum Gasteiger partial charge on any atom is 0.214 e. The summed E-state index contributed by atoms with van der Waals surface area (Å²) in [5, 5.41) is 0. The van der Waals surface area contributed by atoms with Gasteiger partial charge >= 0.3 is 0 Å². The highest BCUT2D eigenvalue weighted by atomic mass is 32.2. The molecular formula is C13H24N2O2S2. The highest BCUT2D eigenvalue weighted by Gasteiger charge is 2.37. The van der Waals surface area contributed by atoms with Crippen molar-refractivity contribution in [2.75, 3.05) is 12.3 Å². The number of hydrogen-bond acceptors (Lipinski definition) is 3. The molecule has 0 radical (unpaired) electrons. The van der Waals surface area contributed by atoms with Gasteiger partial charge in [-0.25, -0.2) is 8.42 Å². The molecule has 4 nitrogen and oxygen atoms in total. The Morgan fingerprint density at radius 3 is 2.32 bits per heavy atom. The lowest BCUT2D eigenvalue weighted by atomic mass is 9.91. The highest BCUT2D eigenvalue weighted by Crippen LogP contribution is 2.32. The summed E-state index contributed by atoms with van der Waals surface area (Å²) in [5.74, 6) is 0.672. The Labute approximate surface area is 121 Å². The number of thiocarbonyl (C=S) groups is 1. The SMILES string of the molecule is NC(=S)CCN(C1CC1)S(=O)(=O)CC1CCCCC1. The van der Waals surface area contributed by atoms with E-state index < -0.39 is 10.0 Å². The number of nitrogens with two attached hydrogens (primary N) is 1. The molecular weight excluding hydrogens is 280 g/mol. The molecule has 2 N–H and O–H groups in total. The summed E-state index contributed by atoms with van der Waals surface area (Å²) in [5.41, 5.74) is 5.50. The molecule has 2 rings (SSSR count). The fraction of sp³-hybridized carbons (Fsp3) is 0.923. The summed E-state index contributed by atoms with van der Waals surface area (Å²) in [4.78, 5) is 0.401. The van der Waals surface area contributed by atoms with Gasteiger partial charge in [-0.15, -0.1) is 0 Å². The number of rotatable bonds is 7. The van der Waals surface area contributed by atoms with Gasteiger partial charge in [0.05, 0.1) is 10.7 Å². The number of hydrogen-bond donors (Lipinski definition) is 1. The van der Waals surface area contributed by atoms with Gasteiger partial charge in [0.2, 0.25) is 10.0 Å². The van der Waals surface area contributed by atoms with Crippen molar-refractivity contribution in [2.24, 2.45) is 11.7 Å². The topological polar surface area (TPSA) is 63.4 Å². The second-order valence-corrected chi connectivity index (χ2v) is 8.33. The predicted octanol–water partition coefficient (Wildman–Crippen LogP) is 2.04. The summed E-state index contributed by atoms with van der Waals surface area (Å²) >= 11 is 4.86. The van der Waals surface area contributed by atoms with Crippen molar-refractivity contribution in [1.82, 2.24) is 4.31 Å². The van der Waals surface area contributed by atoms with Crippen molar-refractivity contribution in [3.63, 3.8) is 0 Å². The van der Waals surface area contributed by atoms with E-state index in [-0.39, 0.29) is 6.04 Å². The van der Waals surface area contributed by atoms with E-state index in [9.17, 15) is 8.42 Å². The van der Waals surface area contributed by atoms with Gasteiger partial charge in [-0.05, 0) is 31.6 Å². The first-order valence-corrected chi connectivity index (χ1v) is 9.28. The van der Waals surface area contributed by atoms with Crippen LogP contribution < -0.4 is 5.73 Å². The Morgan fingerprint density at radius 2 is 1.79 bits per heavy atom. The van der Waals surface area contributed by atoms with E-state index in [1.54, 1.807) is 4.31 Å². The quantitative estimate of drug-likeness (QED) is 0.731. The molecule has 0 aromatic heterocycles.